The molecule has 6 heteroatoms. The monoisotopic (exact) mass is 431 g/mol. The van der Waals surface area contributed by atoms with E-state index in [0.717, 1.165) is 21.9 Å². The van der Waals surface area contributed by atoms with Crippen LogP contribution in [0.5, 0.6) is 11.5 Å². The van der Waals surface area contributed by atoms with Gasteiger partial charge in [0.15, 0.2) is 23.0 Å². The maximum Gasteiger partial charge on any atom is 0.239 e. The van der Waals surface area contributed by atoms with Gasteiger partial charge in [-0.25, -0.2) is 0 Å². The number of ether oxygens (including phenoxy) is 4. The summed E-state index contributed by atoms with van der Waals surface area (Å²) in [6, 6.07) is 17.8. The van der Waals surface area contributed by atoms with E-state index in [4.69, 9.17) is 18.9 Å². The summed E-state index contributed by atoms with van der Waals surface area (Å²) in [6.45, 7) is 0. The molecular weight excluding hydrogens is 406 g/mol. The molecule has 164 valence electrons. The third-order valence-electron chi connectivity index (χ3n) is 5.55. The van der Waals surface area contributed by atoms with Crippen LogP contribution in [0.1, 0.15) is 0 Å². The summed E-state index contributed by atoms with van der Waals surface area (Å²) in [5.41, 5.74) is 2.76. The number of hydrogen-bond donors (Lipinski definition) is 1. The van der Waals surface area contributed by atoms with Crippen LogP contribution >= 0.6 is 0 Å². The van der Waals surface area contributed by atoms with Crippen molar-refractivity contribution in [2.24, 2.45) is 5.92 Å². The van der Waals surface area contributed by atoms with Crippen LogP contribution in [-0.2, 0) is 14.3 Å². The average Bonchev–Trinajstić information content (AvgIpc) is 3.27. The van der Waals surface area contributed by atoms with Crippen molar-refractivity contribution in [3.63, 3.8) is 0 Å². The third-order valence-corrected chi connectivity index (χ3v) is 5.55. The van der Waals surface area contributed by atoms with E-state index in [1.165, 1.54) is 7.11 Å². The second-order valence-corrected chi connectivity index (χ2v) is 7.24. The minimum absolute atomic E-state index is 0.214. The van der Waals surface area contributed by atoms with Gasteiger partial charge >= 0.3 is 0 Å². The van der Waals surface area contributed by atoms with Crippen LogP contribution in [0.4, 0.5) is 5.69 Å². The number of methoxy groups -OCH3 is 4. The number of allylic oxidation sites excluding steroid dienone is 1. The Morgan fingerprint density at radius 2 is 1.50 bits per heavy atom. The van der Waals surface area contributed by atoms with E-state index in [0.29, 0.717) is 28.7 Å². The van der Waals surface area contributed by atoms with Gasteiger partial charge in [0.05, 0.1) is 28.4 Å². The molecule has 1 amide bonds. The van der Waals surface area contributed by atoms with Gasteiger partial charge in [-0.1, -0.05) is 42.5 Å². The van der Waals surface area contributed by atoms with Gasteiger partial charge in [0, 0.05) is 11.1 Å². The smallest absolute Gasteiger partial charge is 0.239 e. The molecule has 4 rings (SSSR count). The lowest BCUT2D eigenvalue weighted by atomic mass is 9.96. The van der Waals surface area contributed by atoms with Crippen molar-refractivity contribution in [2.45, 2.75) is 0 Å². The van der Waals surface area contributed by atoms with Crippen molar-refractivity contribution in [1.82, 2.24) is 0 Å². The van der Waals surface area contributed by atoms with Crippen molar-refractivity contribution < 1.29 is 23.7 Å². The highest BCUT2D eigenvalue weighted by atomic mass is 16.5. The van der Waals surface area contributed by atoms with E-state index in [1.807, 2.05) is 42.5 Å². The first-order valence-corrected chi connectivity index (χ1v) is 10.2. The van der Waals surface area contributed by atoms with Crippen LogP contribution < -0.4 is 14.8 Å². The van der Waals surface area contributed by atoms with Gasteiger partial charge in [-0.3, -0.25) is 4.79 Å². The zero-order valence-corrected chi connectivity index (χ0v) is 18.5. The van der Waals surface area contributed by atoms with Gasteiger partial charge in [-0.2, -0.15) is 0 Å². The van der Waals surface area contributed by atoms with Gasteiger partial charge in [0.2, 0.25) is 5.91 Å². The fourth-order valence-corrected chi connectivity index (χ4v) is 3.97. The Morgan fingerprint density at radius 3 is 2.12 bits per heavy atom. The van der Waals surface area contributed by atoms with Gasteiger partial charge in [0.25, 0.3) is 0 Å². The molecule has 0 saturated heterocycles. The van der Waals surface area contributed by atoms with Gasteiger partial charge < -0.3 is 24.3 Å². The summed E-state index contributed by atoms with van der Waals surface area (Å²) in [7, 11) is 6.28. The first-order valence-electron chi connectivity index (χ1n) is 10.2. The number of amides is 1. The van der Waals surface area contributed by atoms with Crippen molar-refractivity contribution in [3.05, 3.63) is 78.3 Å². The fourth-order valence-electron chi connectivity index (χ4n) is 3.97. The molecule has 1 N–H and O–H groups in total. The normalized spacial score (nSPS) is 15.1. The number of fused-ring (bicyclic) bond motifs is 1. The lowest BCUT2D eigenvalue weighted by molar-refractivity contribution is -0.118. The maximum absolute atomic E-state index is 13.1. The van der Waals surface area contributed by atoms with E-state index in [-0.39, 0.29) is 5.91 Å². The standard InChI is InChI=1S/C26H25NO5/c1-29-22-13-11-18(25(22)32-4)26(28)27-21-12-10-17(16-8-6-5-7-9-16)19-14-23(30-2)24(31-3)15-20(19)21/h5-15,18H,1-4H3,(H,27,28). The molecule has 0 spiro atoms. The van der Waals surface area contributed by atoms with E-state index in [2.05, 4.69) is 17.4 Å². The molecule has 0 aliphatic heterocycles. The molecule has 1 atom stereocenters. The highest BCUT2D eigenvalue weighted by Gasteiger charge is 2.29. The Kier molecular flexibility index (Phi) is 6.03. The number of carbonyl (C=O) groups excluding carboxylic acids is 1. The Morgan fingerprint density at radius 1 is 0.812 bits per heavy atom. The topological polar surface area (TPSA) is 66.0 Å². The number of anilines is 1. The first-order chi connectivity index (χ1) is 15.6. The maximum atomic E-state index is 13.1. The number of carbonyl (C=O) groups is 1. The van der Waals surface area contributed by atoms with Gasteiger partial charge in [-0.15, -0.1) is 0 Å². The molecule has 1 aliphatic rings. The van der Waals surface area contributed by atoms with Crippen LogP contribution in [0.15, 0.2) is 78.3 Å². The minimum Gasteiger partial charge on any atom is -0.496 e. The van der Waals surface area contributed by atoms with Gasteiger partial charge in [-0.05, 0) is 40.8 Å². The van der Waals surface area contributed by atoms with E-state index >= 15 is 0 Å². The van der Waals surface area contributed by atoms with Crippen LogP contribution in [0, 0.1) is 5.92 Å². The summed E-state index contributed by atoms with van der Waals surface area (Å²) in [5.74, 6) is 1.44. The molecular formula is C26H25NO5. The van der Waals surface area contributed by atoms with Crippen molar-refractivity contribution >= 4 is 22.4 Å². The Balaban J connectivity index is 1.81. The average molecular weight is 431 g/mol. The molecule has 0 bridgehead atoms. The first kappa shape index (κ1) is 21.3. The molecule has 1 unspecified atom stereocenters. The second-order valence-electron chi connectivity index (χ2n) is 7.24. The lowest BCUT2D eigenvalue weighted by Crippen LogP contribution is -2.23. The van der Waals surface area contributed by atoms with Gasteiger partial charge in [0.1, 0.15) is 5.92 Å². The second kappa shape index (κ2) is 9.06. The SMILES string of the molecule is COC1=C(OC)C(C(=O)Nc2ccc(-c3ccccc3)c3cc(OC)c(OC)cc23)C=C1. The van der Waals surface area contributed by atoms with Crippen LogP contribution in [0.3, 0.4) is 0 Å². The van der Waals surface area contributed by atoms with E-state index < -0.39 is 5.92 Å². The Bertz CT molecular complexity index is 1210. The number of benzene rings is 3. The lowest BCUT2D eigenvalue weighted by Gasteiger charge is -2.18. The number of nitrogens with one attached hydrogen (secondary N) is 1. The fraction of sp³-hybridized carbons (Fsp3) is 0.192. The molecule has 0 saturated carbocycles. The highest BCUT2D eigenvalue weighted by molar-refractivity contribution is 6.09. The summed E-state index contributed by atoms with van der Waals surface area (Å²) in [4.78, 5) is 13.1. The summed E-state index contributed by atoms with van der Waals surface area (Å²) >= 11 is 0. The summed E-state index contributed by atoms with van der Waals surface area (Å²) in [6.07, 6.45) is 3.50. The molecule has 3 aromatic rings. The van der Waals surface area contributed by atoms with Crippen molar-refractivity contribution in [3.8, 4) is 22.6 Å². The predicted molar refractivity (Wildman–Crippen MR) is 125 cm³/mol. The summed E-state index contributed by atoms with van der Waals surface area (Å²) in [5, 5.41) is 4.83. The molecule has 1 aliphatic carbocycles. The Hall–Kier alpha value is -3.93. The number of hydrogen-bond acceptors (Lipinski definition) is 5. The quantitative estimate of drug-likeness (QED) is 0.560. The molecule has 0 fully saturated rings. The van der Waals surface area contributed by atoms with E-state index in [9.17, 15) is 4.79 Å². The van der Waals surface area contributed by atoms with Crippen LogP contribution in [0.25, 0.3) is 21.9 Å². The van der Waals surface area contributed by atoms with Crippen LogP contribution in [-0.4, -0.2) is 34.3 Å². The minimum atomic E-state index is -0.570. The van der Waals surface area contributed by atoms with Crippen molar-refractivity contribution in [1.29, 1.82) is 0 Å². The number of rotatable bonds is 7. The Labute approximate surface area is 187 Å². The molecule has 0 radical (unpaired) electrons. The van der Waals surface area contributed by atoms with E-state index in [1.54, 1.807) is 33.5 Å². The highest BCUT2D eigenvalue weighted by Crippen LogP contribution is 2.40. The van der Waals surface area contributed by atoms with Crippen LogP contribution in [0.2, 0.25) is 0 Å². The largest absolute Gasteiger partial charge is 0.496 e. The van der Waals surface area contributed by atoms with Crippen molar-refractivity contribution in [2.75, 3.05) is 33.8 Å². The zero-order valence-electron chi connectivity index (χ0n) is 18.5. The molecule has 0 heterocycles. The molecule has 6 nitrogen and oxygen atoms in total. The molecule has 32 heavy (non-hydrogen) atoms. The third kappa shape index (κ3) is 3.75. The zero-order chi connectivity index (χ0) is 22.7. The predicted octanol–water partition coefficient (Wildman–Crippen LogP) is 5.15. The molecule has 0 aromatic heterocycles. The summed E-state index contributed by atoms with van der Waals surface area (Å²) < 4.78 is 21.8. The molecule has 3 aromatic carbocycles.